The highest BCUT2D eigenvalue weighted by atomic mass is 32.1. The van der Waals surface area contributed by atoms with Gasteiger partial charge >= 0.3 is 0 Å². The average Bonchev–Trinajstić information content (AvgIpc) is 3.20. The van der Waals surface area contributed by atoms with E-state index in [0.29, 0.717) is 6.10 Å². The van der Waals surface area contributed by atoms with Crippen molar-refractivity contribution in [3.8, 4) is 0 Å². The van der Waals surface area contributed by atoms with E-state index in [1.165, 1.54) is 4.88 Å². The van der Waals surface area contributed by atoms with E-state index in [0.717, 1.165) is 45.3 Å². The molecule has 0 radical (unpaired) electrons. The van der Waals surface area contributed by atoms with Crippen LogP contribution >= 0.6 is 11.3 Å². The molecule has 2 aliphatic heterocycles. The van der Waals surface area contributed by atoms with Crippen LogP contribution in [0.1, 0.15) is 50.1 Å². The van der Waals surface area contributed by atoms with Crippen molar-refractivity contribution in [2.45, 2.75) is 57.3 Å². The van der Waals surface area contributed by atoms with Crippen LogP contribution in [-0.2, 0) is 9.53 Å². The molecule has 5 heteroatoms. The smallest absolute Gasteiger partial charge is 0.241 e. The van der Waals surface area contributed by atoms with Crippen molar-refractivity contribution in [1.29, 1.82) is 0 Å². The Labute approximate surface area is 130 Å². The summed E-state index contributed by atoms with van der Waals surface area (Å²) < 4.78 is 5.69. The maximum atomic E-state index is 12.6. The maximum Gasteiger partial charge on any atom is 0.241 e. The first-order valence-electron chi connectivity index (χ1n) is 8.01. The van der Waals surface area contributed by atoms with Crippen LogP contribution in [0, 0.1) is 0 Å². The Bertz CT molecular complexity index is 457. The fourth-order valence-corrected chi connectivity index (χ4v) is 4.05. The van der Waals surface area contributed by atoms with Gasteiger partial charge in [-0.15, -0.1) is 11.3 Å². The predicted octanol–water partition coefficient (Wildman–Crippen LogP) is 2.92. The van der Waals surface area contributed by atoms with Gasteiger partial charge in [0, 0.05) is 18.0 Å². The molecule has 0 saturated carbocycles. The molecule has 1 aromatic heterocycles. The summed E-state index contributed by atoms with van der Waals surface area (Å²) in [7, 11) is 0. The van der Waals surface area contributed by atoms with Gasteiger partial charge < -0.3 is 9.64 Å². The predicted molar refractivity (Wildman–Crippen MR) is 84.2 cm³/mol. The third kappa shape index (κ3) is 3.30. The van der Waals surface area contributed by atoms with Crippen LogP contribution in [0.3, 0.4) is 0 Å². The second-order valence-electron chi connectivity index (χ2n) is 5.88. The lowest BCUT2D eigenvalue weighted by molar-refractivity contribution is -0.130. The normalized spacial score (nSPS) is 29.5. The SMILES string of the molecule is CCCC1NC(c2cccs2)N(CCC2CCCO2)C1=O. The molecular formula is C16H24N2O2S. The average molecular weight is 308 g/mol. The van der Waals surface area contributed by atoms with Crippen LogP contribution in [0.2, 0.25) is 0 Å². The Morgan fingerprint density at radius 3 is 3.05 bits per heavy atom. The maximum absolute atomic E-state index is 12.6. The van der Waals surface area contributed by atoms with Gasteiger partial charge in [-0.2, -0.15) is 0 Å². The number of rotatable bonds is 6. The number of thiophene rings is 1. The summed E-state index contributed by atoms with van der Waals surface area (Å²) in [4.78, 5) is 15.9. The fraction of sp³-hybridized carbons (Fsp3) is 0.688. The van der Waals surface area contributed by atoms with Gasteiger partial charge in [0.25, 0.3) is 0 Å². The Hall–Kier alpha value is -0.910. The second-order valence-corrected chi connectivity index (χ2v) is 6.86. The van der Waals surface area contributed by atoms with E-state index in [1.807, 2.05) is 4.90 Å². The zero-order valence-electron chi connectivity index (χ0n) is 12.6. The molecule has 0 bridgehead atoms. The van der Waals surface area contributed by atoms with Crippen molar-refractivity contribution in [2.24, 2.45) is 0 Å². The lowest BCUT2D eigenvalue weighted by Gasteiger charge is -2.24. The first-order valence-corrected chi connectivity index (χ1v) is 8.89. The second kappa shape index (κ2) is 6.90. The first kappa shape index (κ1) is 15.0. The number of amides is 1. The summed E-state index contributed by atoms with van der Waals surface area (Å²) in [6, 6.07) is 4.15. The molecule has 3 atom stereocenters. The Morgan fingerprint density at radius 1 is 1.48 bits per heavy atom. The third-order valence-electron chi connectivity index (χ3n) is 4.36. The molecule has 4 nitrogen and oxygen atoms in total. The van der Waals surface area contributed by atoms with E-state index in [1.54, 1.807) is 11.3 Å². The van der Waals surface area contributed by atoms with E-state index in [-0.39, 0.29) is 18.1 Å². The first-order chi connectivity index (χ1) is 10.3. The van der Waals surface area contributed by atoms with Crippen LogP contribution in [-0.4, -0.2) is 36.1 Å². The summed E-state index contributed by atoms with van der Waals surface area (Å²) >= 11 is 1.72. The summed E-state index contributed by atoms with van der Waals surface area (Å²) in [5.74, 6) is 0.258. The number of nitrogens with zero attached hydrogens (tertiary/aromatic N) is 1. The van der Waals surface area contributed by atoms with Crippen LogP contribution in [0.5, 0.6) is 0 Å². The van der Waals surface area contributed by atoms with Crippen molar-refractivity contribution < 1.29 is 9.53 Å². The largest absolute Gasteiger partial charge is 0.378 e. The zero-order chi connectivity index (χ0) is 14.7. The summed E-state index contributed by atoms with van der Waals surface area (Å²) in [5, 5.41) is 5.59. The van der Waals surface area contributed by atoms with E-state index in [9.17, 15) is 4.79 Å². The Kier molecular flexibility index (Phi) is 4.93. The van der Waals surface area contributed by atoms with Crippen LogP contribution < -0.4 is 5.32 Å². The number of carbonyl (C=O) groups excluding carboxylic acids is 1. The zero-order valence-corrected chi connectivity index (χ0v) is 13.4. The summed E-state index contributed by atoms with van der Waals surface area (Å²) in [5.41, 5.74) is 0. The molecule has 0 aliphatic carbocycles. The van der Waals surface area contributed by atoms with Gasteiger partial charge in [0.1, 0.15) is 6.17 Å². The van der Waals surface area contributed by atoms with Gasteiger partial charge in [0.2, 0.25) is 5.91 Å². The molecule has 2 aliphatic rings. The molecule has 0 aromatic carbocycles. The standard InChI is InChI=1S/C16H24N2O2S/c1-2-5-13-16(19)18(9-8-12-6-3-10-20-12)15(17-13)14-7-4-11-21-14/h4,7,11-13,15,17H,2-3,5-6,8-10H2,1H3. The van der Waals surface area contributed by atoms with Gasteiger partial charge in [0.15, 0.2) is 0 Å². The van der Waals surface area contributed by atoms with E-state index >= 15 is 0 Å². The number of ether oxygens (including phenoxy) is 1. The molecule has 1 amide bonds. The van der Waals surface area contributed by atoms with E-state index in [2.05, 4.69) is 29.8 Å². The molecule has 2 fully saturated rings. The minimum absolute atomic E-state index is 0.0217. The fourth-order valence-electron chi connectivity index (χ4n) is 3.25. The molecular weight excluding hydrogens is 284 g/mol. The molecule has 3 rings (SSSR count). The minimum atomic E-state index is -0.0217. The van der Waals surface area contributed by atoms with E-state index in [4.69, 9.17) is 4.74 Å². The topological polar surface area (TPSA) is 41.6 Å². The number of hydrogen-bond donors (Lipinski definition) is 1. The number of carbonyl (C=O) groups is 1. The third-order valence-corrected chi connectivity index (χ3v) is 5.28. The molecule has 1 aromatic rings. The van der Waals surface area contributed by atoms with Crippen molar-refractivity contribution in [2.75, 3.05) is 13.2 Å². The number of hydrogen-bond acceptors (Lipinski definition) is 4. The molecule has 2 saturated heterocycles. The summed E-state index contributed by atoms with van der Waals surface area (Å²) in [6.07, 6.45) is 5.58. The van der Waals surface area contributed by atoms with Crippen LogP contribution in [0.15, 0.2) is 17.5 Å². The van der Waals surface area contributed by atoms with Crippen LogP contribution in [0.4, 0.5) is 0 Å². The van der Waals surface area contributed by atoms with Crippen molar-refractivity contribution in [3.63, 3.8) is 0 Å². The van der Waals surface area contributed by atoms with Gasteiger partial charge in [-0.25, -0.2) is 0 Å². The number of nitrogens with one attached hydrogen (secondary N) is 1. The van der Waals surface area contributed by atoms with Crippen molar-refractivity contribution >= 4 is 17.2 Å². The lowest BCUT2D eigenvalue weighted by atomic mass is 10.1. The highest BCUT2D eigenvalue weighted by Crippen LogP contribution is 2.30. The monoisotopic (exact) mass is 308 g/mol. The summed E-state index contributed by atoms with van der Waals surface area (Å²) in [6.45, 7) is 3.80. The Morgan fingerprint density at radius 2 is 2.38 bits per heavy atom. The molecule has 3 unspecified atom stereocenters. The van der Waals surface area contributed by atoms with E-state index < -0.39 is 0 Å². The highest BCUT2D eigenvalue weighted by Gasteiger charge is 2.39. The quantitative estimate of drug-likeness (QED) is 0.878. The molecule has 21 heavy (non-hydrogen) atoms. The van der Waals surface area contributed by atoms with Gasteiger partial charge in [-0.05, 0) is 37.1 Å². The molecule has 116 valence electrons. The molecule has 0 spiro atoms. The Balaban J connectivity index is 1.68. The molecule has 1 N–H and O–H groups in total. The van der Waals surface area contributed by atoms with Crippen LogP contribution in [0.25, 0.3) is 0 Å². The van der Waals surface area contributed by atoms with Crippen molar-refractivity contribution in [1.82, 2.24) is 10.2 Å². The minimum Gasteiger partial charge on any atom is -0.378 e. The van der Waals surface area contributed by atoms with Gasteiger partial charge in [-0.3, -0.25) is 10.1 Å². The highest BCUT2D eigenvalue weighted by molar-refractivity contribution is 7.10. The molecule has 3 heterocycles. The van der Waals surface area contributed by atoms with Gasteiger partial charge in [-0.1, -0.05) is 19.4 Å². The van der Waals surface area contributed by atoms with Crippen molar-refractivity contribution in [3.05, 3.63) is 22.4 Å². The van der Waals surface area contributed by atoms with Gasteiger partial charge in [0.05, 0.1) is 12.1 Å². The lowest BCUT2D eigenvalue weighted by Crippen LogP contribution is -2.33.